The lowest BCUT2D eigenvalue weighted by molar-refractivity contribution is 0.0602. The number of carbonyl (C=O) groups is 1. The molecule has 122 valence electrons. The number of benzene rings is 3. The first-order valence-corrected chi connectivity index (χ1v) is 9.50. The zero-order valence-corrected chi connectivity index (χ0v) is 15.0. The van der Waals surface area contributed by atoms with E-state index in [4.69, 9.17) is 4.74 Å². The molecule has 0 aliphatic rings. The summed E-state index contributed by atoms with van der Waals surface area (Å²) in [4.78, 5) is 12.0. The summed E-state index contributed by atoms with van der Waals surface area (Å²) in [6.45, 7) is 0. The highest BCUT2D eigenvalue weighted by molar-refractivity contribution is 7.32. The monoisotopic (exact) mass is 363 g/mol. The molecule has 0 amide bonds. The molecule has 5 aromatic rings. The van der Waals surface area contributed by atoms with E-state index in [1.807, 2.05) is 29.5 Å². The van der Waals surface area contributed by atoms with Crippen LogP contribution < -0.4 is 5.32 Å². The van der Waals surface area contributed by atoms with Crippen molar-refractivity contribution in [1.29, 1.82) is 0 Å². The van der Waals surface area contributed by atoms with Gasteiger partial charge in [0.2, 0.25) is 0 Å². The number of ether oxygens (including phenoxy) is 1. The Labute approximate surface area is 151 Å². The molecule has 1 N–H and O–H groups in total. The molecule has 2 aromatic heterocycles. The molecule has 25 heavy (non-hydrogen) atoms. The molecule has 0 bridgehead atoms. The number of nitrogens with one attached hydrogen (secondary N) is 1. The SMILES string of the molecule is COC(=O)c1ccccc1Nc1ccc2sc3cccc4sc1c2c34. The Balaban J connectivity index is 1.71. The van der Waals surface area contributed by atoms with Gasteiger partial charge in [-0.25, -0.2) is 4.79 Å². The van der Waals surface area contributed by atoms with Crippen molar-refractivity contribution in [2.75, 3.05) is 12.4 Å². The highest BCUT2D eigenvalue weighted by Crippen LogP contribution is 2.48. The lowest BCUT2D eigenvalue weighted by Gasteiger charge is -2.11. The molecule has 2 heterocycles. The fourth-order valence-electron chi connectivity index (χ4n) is 3.27. The van der Waals surface area contributed by atoms with Crippen LogP contribution in [0.1, 0.15) is 10.4 Å². The fraction of sp³-hybridized carbons (Fsp3) is 0.0500. The molecule has 5 rings (SSSR count). The number of rotatable bonds is 3. The Hall–Kier alpha value is -2.63. The van der Waals surface area contributed by atoms with Gasteiger partial charge in [0.1, 0.15) is 0 Å². The summed E-state index contributed by atoms with van der Waals surface area (Å²) in [5, 5.41) is 6.12. The molecule has 5 heteroatoms. The van der Waals surface area contributed by atoms with Crippen LogP contribution in [0.4, 0.5) is 11.4 Å². The summed E-state index contributed by atoms with van der Waals surface area (Å²) in [7, 11) is 1.40. The Morgan fingerprint density at radius 1 is 0.840 bits per heavy atom. The van der Waals surface area contributed by atoms with Crippen molar-refractivity contribution in [1.82, 2.24) is 0 Å². The van der Waals surface area contributed by atoms with Gasteiger partial charge in [0.05, 0.1) is 28.7 Å². The fourth-order valence-corrected chi connectivity index (χ4v) is 5.76. The van der Waals surface area contributed by atoms with Gasteiger partial charge in [-0.05, 0) is 36.4 Å². The van der Waals surface area contributed by atoms with Gasteiger partial charge >= 0.3 is 5.97 Å². The Kier molecular flexibility index (Phi) is 3.20. The first kappa shape index (κ1) is 14.7. The van der Waals surface area contributed by atoms with Gasteiger partial charge in [0.25, 0.3) is 0 Å². The predicted octanol–water partition coefficient (Wildman–Crippen LogP) is 6.24. The first-order chi connectivity index (χ1) is 12.3. The van der Waals surface area contributed by atoms with Crippen LogP contribution in [-0.2, 0) is 4.74 Å². The van der Waals surface area contributed by atoms with Crippen molar-refractivity contribution < 1.29 is 9.53 Å². The molecule has 0 aliphatic carbocycles. The molecular formula is C20H13NO2S2. The van der Waals surface area contributed by atoms with Gasteiger partial charge < -0.3 is 10.1 Å². The molecule has 0 radical (unpaired) electrons. The van der Waals surface area contributed by atoms with Crippen LogP contribution >= 0.6 is 22.7 Å². The van der Waals surface area contributed by atoms with E-state index >= 15 is 0 Å². The number of anilines is 2. The van der Waals surface area contributed by atoms with Crippen molar-refractivity contribution in [3.63, 3.8) is 0 Å². The number of thiophene rings is 2. The van der Waals surface area contributed by atoms with Gasteiger partial charge in [0.15, 0.2) is 0 Å². The lowest BCUT2D eigenvalue weighted by Crippen LogP contribution is -2.05. The summed E-state index contributed by atoms with van der Waals surface area (Å²) in [5.41, 5.74) is 2.31. The summed E-state index contributed by atoms with van der Waals surface area (Å²) in [5.74, 6) is -0.338. The van der Waals surface area contributed by atoms with E-state index in [1.165, 1.54) is 36.7 Å². The normalized spacial score (nSPS) is 11.6. The van der Waals surface area contributed by atoms with E-state index in [9.17, 15) is 4.79 Å². The van der Waals surface area contributed by atoms with Gasteiger partial charge in [-0.3, -0.25) is 0 Å². The maximum absolute atomic E-state index is 12.0. The predicted molar refractivity (Wildman–Crippen MR) is 107 cm³/mol. The number of para-hydroxylation sites is 1. The van der Waals surface area contributed by atoms with Gasteiger partial charge in [0, 0.05) is 24.9 Å². The van der Waals surface area contributed by atoms with E-state index in [0.29, 0.717) is 5.56 Å². The minimum Gasteiger partial charge on any atom is -0.465 e. The zero-order valence-electron chi connectivity index (χ0n) is 13.3. The third kappa shape index (κ3) is 2.13. The Morgan fingerprint density at radius 2 is 1.60 bits per heavy atom. The molecule has 0 atom stereocenters. The summed E-state index contributed by atoms with van der Waals surface area (Å²) in [6, 6.07) is 18.1. The van der Waals surface area contributed by atoms with Crippen LogP contribution in [0.3, 0.4) is 0 Å². The van der Waals surface area contributed by atoms with E-state index in [-0.39, 0.29) is 5.97 Å². The van der Waals surface area contributed by atoms with Gasteiger partial charge in [-0.15, -0.1) is 22.7 Å². The second-order valence-corrected chi connectivity index (χ2v) is 7.95. The van der Waals surface area contributed by atoms with Crippen LogP contribution in [0.2, 0.25) is 0 Å². The van der Waals surface area contributed by atoms with Crippen molar-refractivity contribution >= 4 is 69.6 Å². The molecule has 3 aromatic carbocycles. The maximum Gasteiger partial charge on any atom is 0.339 e. The van der Waals surface area contributed by atoms with Crippen LogP contribution in [-0.4, -0.2) is 13.1 Å². The van der Waals surface area contributed by atoms with E-state index in [1.54, 1.807) is 17.4 Å². The number of carbonyl (C=O) groups excluding carboxylic acids is 1. The minimum absolute atomic E-state index is 0.338. The highest BCUT2D eigenvalue weighted by atomic mass is 32.1. The molecule has 0 unspecified atom stereocenters. The topological polar surface area (TPSA) is 38.3 Å². The van der Waals surface area contributed by atoms with E-state index in [0.717, 1.165) is 11.4 Å². The van der Waals surface area contributed by atoms with Crippen molar-refractivity contribution in [3.8, 4) is 0 Å². The quantitative estimate of drug-likeness (QED) is 0.386. The molecular weight excluding hydrogens is 350 g/mol. The second kappa shape index (κ2) is 5.44. The second-order valence-electron chi connectivity index (χ2n) is 5.81. The zero-order chi connectivity index (χ0) is 17.0. The Morgan fingerprint density at radius 3 is 2.44 bits per heavy atom. The highest BCUT2D eigenvalue weighted by Gasteiger charge is 2.18. The molecule has 0 aliphatic heterocycles. The molecule has 0 fully saturated rings. The third-order valence-electron chi connectivity index (χ3n) is 4.39. The molecule has 0 saturated heterocycles. The first-order valence-electron chi connectivity index (χ1n) is 7.87. The minimum atomic E-state index is -0.338. The van der Waals surface area contributed by atoms with Crippen LogP contribution in [0.5, 0.6) is 0 Å². The number of hydrogen-bond acceptors (Lipinski definition) is 5. The third-order valence-corrected chi connectivity index (χ3v) is 6.70. The number of methoxy groups -OCH3 is 1. The van der Waals surface area contributed by atoms with Gasteiger partial charge in [-0.2, -0.15) is 0 Å². The molecule has 3 nitrogen and oxygen atoms in total. The largest absolute Gasteiger partial charge is 0.465 e. The molecule has 0 saturated carbocycles. The molecule has 0 spiro atoms. The smallest absolute Gasteiger partial charge is 0.339 e. The van der Waals surface area contributed by atoms with Gasteiger partial charge in [-0.1, -0.05) is 18.2 Å². The number of esters is 1. The van der Waals surface area contributed by atoms with Crippen LogP contribution in [0, 0.1) is 0 Å². The summed E-state index contributed by atoms with van der Waals surface area (Å²) >= 11 is 3.62. The number of hydrogen-bond donors (Lipinski definition) is 1. The average Bonchev–Trinajstić information content (AvgIpc) is 3.22. The van der Waals surface area contributed by atoms with E-state index in [2.05, 4.69) is 35.6 Å². The average molecular weight is 363 g/mol. The van der Waals surface area contributed by atoms with Crippen molar-refractivity contribution in [3.05, 3.63) is 60.2 Å². The van der Waals surface area contributed by atoms with Crippen LogP contribution in [0.25, 0.3) is 29.6 Å². The van der Waals surface area contributed by atoms with E-state index < -0.39 is 0 Å². The lowest BCUT2D eigenvalue weighted by atomic mass is 10.1. The van der Waals surface area contributed by atoms with Crippen molar-refractivity contribution in [2.45, 2.75) is 0 Å². The summed E-state index contributed by atoms with van der Waals surface area (Å²) in [6.07, 6.45) is 0. The van der Waals surface area contributed by atoms with Crippen LogP contribution in [0.15, 0.2) is 54.6 Å². The standard InChI is InChI=1S/C20H13NO2S2/c1-23-20(22)11-5-2-3-6-12(11)21-13-9-10-16-18-17-14(24-16)7-4-8-15(17)25-19(13)18/h2-10,21H,1H3. The summed E-state index contributed by atoms with van der Waals surface area (Å²) < 4.78 is 10.0. The maximum atomic E-state index is 12.0. The van der Waals surface area contributed by atoms with Crippen molar-refractivity contribution in [2.24, 2.45) is 0 Å². The Bertz CT molecular complexity index is 1230.